The van der Waals surface area contributed by atoms with Crippen LogP contribution in [-0.4, -0.2) is 31.0 Å². The molecule has 0 bridgehead atoms. The molecule has 0 radical (unpaired) electrons. The third kappa shape index (κ3) is 2.46. The zero-order valence-electron chi connectivity index (χ0n) is 12.6. The van der Waals surface area contributed by atoms with Gasteiger partial charge in [-0.25, -0.2) is 14.6 Å². The van der Waals surface area contributed by atoms with E-state index in [1.165, 1.54) is 12.8 Å². The van der Waals surface area contributed by atoms with Gasteiger partial charge < -0.3 is 5.32 Å². The number of rotatable bonds is 2. The van der Waals surface area contributed by atoms with E-state index in [0.29, 0.717) is 11.5 Å². The molecule has 1 fully saturated rings. The maximum Gasteiger partial charge on any atom is 0.183 e. The fourth-order valence-corrected chi connectivity index (χ4v) is 3.61. The third-order valence-corrected chi connectivity index (χ3v) is 4.12. The van der Waals surface area contributed by atoms with Crippen LogP contribution in [0.4, 0.5) is 5.82 Å². The highest BCUT2D eigenvalue weighted by Crippen LogP contribution is 2.39. The molecule has 1 aliphatic carbocycles. The third-order valence-electron chi connectivity index (χ3n) is 4.12. The second kappa shape index (κ2) is 4.68. The number of hydrogen-bond donors (Lipinski definition) is 1. The van der Waals surface area contributed by atoms with Crippen molar-refractivity contribution in [3.63, 3.8) is 0 Å². The van der Waals surface area contributed by atoms with Crippen molar-refractivity contribution in [2.24, 2.45) is 18.4 Å². The van der Waals surface area contributed by atoms with E-state index < -0.39 is 0 Å². The monoisotopic (exact) mass is 274 g/mol. The summed E-state index contributed by atoms with van der Waals surface area (Å²) in [5.41, 5.74) is 1.90. The summed E-state index contributed by atoms with van der Waals surface area (Å²) in [7, 11) is 1.85. The second-order valence-electron chi connectivity index (χ2n) is 6.86. The Morgan fingerprint density at radius 1 is 1.30 bits per heavy atom. The van der Waals surface area contributed by atoms with Gasteiger partial charge in [0.05, 0.1) is 0 Å². The summed E-state index contributed by atoms with van der Waals surface area (Å²) in [6.07, 6.45) is 5.19. The Morgan fingerprint density at radius 3 is 2.85 bits per heavy atom. The second-order valence-corrected chi connectivity index (χ2v) is 6.86. The fourth-order valence-electron chi connectivity index (χ4n) is 3.61. The molecular formula is C14H22N6. The quantitative estimate of drug-likeness (QED) is 0.910. The topological polar surface area (TPSA) is 68.5 Å². The minimum Gasteiger partial charge on any atom is -0.365 e. The van der Waals surface area contributed by atoms with E-state index in [2.05, 4.69) is 46.4 Å². The maximum atomic E-state index is 4.35. The highest BCUT2D eigenvalue weighted by molar-refractivity contribution is 5.81. The zero-order valence-corrected chi connectivity index (χ0v) is 12.6. The molecule has 20 heavy (non-hydrogen) atoms. The van der Waals surface area contributed by atoms with Gasteiger partial charge in [-0.05, 0) is 30.6 Å². The van der Waals surface area contributed by atoms with Crippen molar-refractivity contribution < 1.29 is 0 Å². The van der Waals surface area contributed by atoms with Crippen LogP contribution in [-0.2, 0) is 7.05 Å². The molecule has 2 aromatic rings. The van der Waals surface area contributed by atoms with E-state index in [9.17, 15) is 0 Å². The van der Waals surface area contributed by atoms with Gasteiger partial charge >= 0.3 is 0 Å². The molecule has 6 nitrogen and oxygen atoms in total. The van der Waals surface area contributed by atoms with Crippen molar-refractivity contribution in [3.05, 3.63) is 6.33 Å². The highest BCUT2D eigenvalue weighted by atomic mass is 15.4. The van der Waals surface area contributed by atoms with Crippen LogP contribution >= 0.6 is 0 Å². The average Bonchev–Trinajstić information content (AvgIpc) is 2.70. The van der Waals surface area contributed by atoms with Crippen molar-refractivity contribution in [1.82, 2.24) is 25.0 Å². The number of aromatic nitrogens is 5. The van der Waals surface area contributed by atoms with Gasteiger partial charge in [-0.15, -0.1) is 5.10 Å². The lowest BCUT2D eigenvalue weighted by atomic mass is 9.70. The van der Waals surface area contributed by atoms with Crippen LogP contribution in [0.25, 0.3) is 11.2 Å². The number of anilines is 1. The predicted octanol–water partition coefficient (Wildman–Crippen LogP) is 2.39. The molecule has 0 spiro atoms. The Balaban J connectivity index is 1.86. The molecule has 0 saturated heterocycles. The van der Waals surface area contributed by atoms with Crippen LogP contribution < -0.4 is 5.32 Å². The summed E-state index contributed by atoms with van der Waals surface area (Å²) in [6, 6.07) is 0.439. The molecule has 2 aromatic heterocycles. The molecule has 0 unspecified atom stereocenters. The van der Waals surface area contributed by atoms with E-state index in [4.69, 9.17) is 0 Å². The first-order valence-corrected chi connectivity index (χ1v) is 7.21. The number of hydrogen-bond acceptors (Lipinski definition) is 5. The predicted molar refractivity (Wildman–Crippen MR) is 78.3 cm³/mol. The van der Waals surface area contributed by atoms with Crippen LogP contribution in [0.15, 0.2) is 6.33 Å². The summed E-state index contributed by atoms with van der Waals surface area (Å²) >= 11 is 0. The largest absolute Gasteiger partial charge is 0.365 e. The molecule has 1 saturated carbocycles. The van der Waals surface area contributed by atoms with Crippen LogP contribution in [0.2, 0.25) is 0 Å². The lowest BCUT2D eigenvalue weighted by molar-refractivity contribution is 0.178. The van der Waals surface area contributed by atoms with Crippen molar-refractivity contribution in [3.8, 4) is 0 Å². The molecule has 3 rings (SSSR count). The van der Waals surface area contributed by atoms with Gasteiger partial charge in [0, 0.05) is 13.1 Å². The molecule has 108 valence electrons. The molecule has 2 atom stereocenters. The van der Waals surface area contributed by atoms with Gasteiger partial charge in [0.25, 0.3) is 0 Å². The normalized spacial score (nSPS) is 25.8. The number of aryl methyl sites for hydroxylation is 1. The number of fused-ring (bicyclic) bond motifs is 1. The van der Waals surface area contributed by atoms with Gasteiger partial charge in [-0.2, -0.15) is 0 Å². The number of nitrogens with zero attached hydrogens (tertiary/aromatic N) is 5. The zero-order chi connectivity index (χ0) is 14.3. The van der Waals surface area contributed by atoms with Crippen molar-refractivity contribution in [1.29, 1.82) is 0 Å². The van der Waals surface area contributed by atoms with Crippen LogP contribution in [0.3, 0.4) is 0 Å². The van der Waals surface area contributed by atoms with Gasteiger partial charge in [0.2, 0.25) is 0 Å². The van der Waals surface area contributed by atoms with Crippen LogP contribution in [0.5, 0.6) is 0 Å². The molecule has 6 heteroatoms. The molecule has 1 N–H and O–H groups in total. The van der Waals surface area contributed by atoms with Crippen LogP contribution in [0, 0.1) is 11.3 Å². The Bertz CT molecular complexity index is 617. The molecule has 2 heterocycles. The van der Waals surface area contributed by atoms with Gasteiger partial charge in [0.15, 0.2) is 17.0 Å². The van der Waals surface area contributed by atoms with E-state index in [-0.39, 0.29) is 0 Å². The maximum absolute atomic E-state index is 4.35. The van der Waals surface area contributed by atoms with E-state index in [1.54, 1.807) is 11.0 Å². The van der Waals surface area contributed by atoms with E-state index >= 15 is 0 Å². The van der Waals surface area contributed by atoms with Gasteiger partial charge in [-0.1, -0.05) is 26.0 Å². The summed E-state index contributed by atoms with van der Waals surface area (Å²) in [5, 5.41) is 11.7. The van der Waals surface area contributed by atoms with Crippen LogP contribution in [0.1, 0.15) is 40.0 Å². The highest BCUT2D eigenvalue weighted by Gasteiger charge is 2.32. The Hall–Kier alpha value is -1.72. The SMILES string of the molecule is C[C@H]1C[C@H](Nc2ncnc3c2nnn3C)CC(C)(C)C1. The van der Waals surface area contributed by atoms with E-state index in [1.807, 2.05) is 7.05 Å². The first-order valence-electron chi connectivity index (χ1n) is 7.21. The van der Waals surface area contributed by atoms with Crippen molar-refractivity contribution >= 4 is 17.0 Å². The lowest BCUT2D eigenvalue weighted by Gasteiger charge is -2.39. The van der Waals surface area contributed by atoms with Gasteiger partial charge in [0.1, 0.15) is 6.33 Å². The fraction of sp³-hybridized carbons (Fsp3) is 0.714. The standard InChI is InChI=1S/C14H22N6/c1-9-5-10(7-14(2,3)6-9)17-12-11-13(16-8-15-12)20(4)19-18-11/h8-10H,5-7H2,1-4H3,(H,15,16,17)/t9-,10-/m0/s1. The molecule has 0 aliphatic heterocycles. The molecule has 0 amide bonds. The molecular weight excluding hydrogens is 252 g/mol. The molecule has 1 aliphatic rings. The summed E-state index contributed by atoms with van der Waals surface area (Å²) < 4.78 is 1.68. The molecule has 0 aromatic carbocycles. The average molecular weight is 274 g/mol. The Labute approximate surface area is 119 Å². The summed E-state index contributed by atoms with van der Waals surface area (Å²) in [5.74, 6) is 1.54. The summed E-state index contributed by atoms with van der Waals surface area (Å²) in [6.45, 7) is 7.01. The first-order chi connectivity index (χ1) is 9.44. The minimum absolute atomic E-state index is 0.379. The van der Waals surface area contributed by atoms with Crippen molar-refractivity contribution in [2.75, 3.05) is 5.32 Å². The number of nitrogens with one attached hydrogen (secondary N) is 1. The Morgan fingerprint density at radius 2 is 2.10 bits per heavy atom. The van der Waals surface area contributed by atoms with E-state index in [0.717, 1.165) is 29.3 Å². The summed E-state index contributed by atoms with van der Waals surface area (Å²) in [4.78, 5) is 8.57. The smallest absolute Gasteiger partial charge is 0.183 e. The van der Waals surface area contributed by atoms with Crippen molar-refractivity contribution in [2.45, 2.75) is 46.1 Å². The Kier molecular flexibility index (Phi) is 3.11. The first kappa shape index (κ1) is 13.3. The minimum atomic E-state index is 0.379. The lowest BCUT2D eigenvalue weighted by Crippen LogP contribution is -2.35. The van der Waals surface area contributed by atoms with Gasteiger partial charge in [-0.3, -0.25) is 0 Å².